The fourth-order valence-electron chi connectivity index (χ4n) is 3.10. The standard InChI is InChI=1S/C18H31N5OS.HI/c1-5-22(6-2)15-9-10-23(14-15)18(20-13-17(24)21(3)4)19-12-16-8-7-11-25-16;/h7-8,11,15H,5-6,9-10,12-14H2,1-4H3,(H,19,20);1H. The summed E-state index contributed by atoms with van der Waals surface area (Å²) in [6.07, 6.45) is 1.14. The highest BCUT2D eigenvalue weighted by molar-refractivity contribution is 14.0. The first-order valence-electron chi connectivity index (χ1n) is 9.05. The Morgan fingerprint density at radius 1 is 1.38 bits per heavy atom. The van der Waals surface area contributed by atoms with E-state index < -0.39 is 0 Å². The highest BCUT2D eigenvalue weighted by Gasteiger charge is 2.28. The van der Waals surface area contributed by atoms with Gasteiger partial charge < -0.3 is 15.1 Å². The van der Waals surface area contributed by atoms with Gasteiger partial charge >= 0.3 is 0 Å². The highest BCUT2D eigenvalue weighted by Crippen LogP contribution is 2.16. The van der Waals surface area contributed by atoms with E-state index in [1.807, 2.05) is 0 Å². The first-order chi connectivity index (χ1) is 12.0. The molecule has 0 bridgehead atoms. The summed E-state index contributed by atoms with van der Waals surface area (Å²) in [4.78, 5) is 24.2. The average Bonchev–Trinajstić information content (AvgIpc) is 3.28. The number of guanidine groups is 1. The minimum Gasteiger partial charge on any atom is -0.351 e. The molecule has 0 spiro atoms. The molecule has 1 atom stereocenters. The lowest BCUT2D eigenvalue weighted by Gasteiger charge is -2.27. The van der Waals surface area contributed by atoms with Gasteiger partial charge in [-0.05, 0) is 31.0 Å². The maximum absolute atomic E-state index is 11.9. The fraction of sp³-hybridized carbons (Fsp3) is 0.667. The van der Waals surface area contributed by atoms with Gasteiger partial charge in [-0.15, -0.1) is 35.3 Å². The Labute approximate surface area is 178 Å². The van der Waals surface area contributed by atoms with Crippen molar-refractivity contribution in [1.82, 2.24) is 20.0 Å². The van der Waals surface area contributed by atoms with E-state index in [4.69, 9.17) is 0 Å². The SMILES string of the molecule is CCN(CC)C1CCN(C(=NCC(=O)N(C)C)NCc2cccs2)C1.I. The van der Waals surface area contributed by atoms with Crippen molar-refractivity contribution in [3.8, 4) is 0 Å². The van der Waals surface area contributed by atoms with Crippen LogP contribution in [0.1, 0.15) is 25.1 Å². The van der Waals surface area contributed by atoms with Crippen LogP contribution >= 0.6 is 35.3 Å². The van der Waals surface area contributed by atoms with Gasteiger partial charge in [-0.25, -0.2) is 4.99 Å². The maximum atomic E-state index is 11.9. The molecule has 1 saturated heterocycles. The van der Waals surface area contributed by atoms with Crippen LogP contribution in [-0.4, -0.2) is 79.4 Å². The van der Waals surface area contributed by atoms with Crippen molar-refractivity contribution >= 4 is 47.2 Å². The Bertz CT molecular complexity index is 560. The van der Waals surface area contributed by atoms with Crippen LogP contribution < -0.4 is 5.32 Å². The molecule has 1 fully saturated rings. The summed E-state index contributed by atoms with van der Waals surface area (Å²) in [5.74, 6) is 0.869. The van der Waals surface area contributed by atoms with Crippen molar-refractivity contribution in [3.05, 3.63) is 22.4 Å². The third-order valence-electron chi connectivity index (χ3n) is 4.66. The van der Waals surface area contributed by atoms with E-state index in [0.717, 1.165) is 45.1 Å². The Kier molecular flexibility index (Phi) is 10.5. The number of rotatable bonds is 7. The van der Waals surface area contributed by atoms with Gasteiger partial charge in [-0.2, -0.15) is 0 Å². The largest absolute Gasteiger partial charge is 0.351 e. The Morgan fingerprint density at radius 3 is 2.69 bits per heavy atom. The fourth-order valence-corrected chi connectivity index (χ4v) is 3.75. The summed E-state index contributed by atoms with van der Waals surface area (Å²) >= 11 is 1.73. The number of halogens is 1. The van der Waals surface area contributed by atoms with Gasteiger partial charge in [0.25, 0.3) is 0 Å². The molecule has 6 nitrogen and oxygen atoms in total. The van der Waals surface area contributed by atoms with Gasteiger partial charge in [0.2, 0.25) is 5.91 Å². The number of carbonyl (C=O) groups is 1. The summed E-state index contributed by atoms with van der Waals surface area (Å²) in [6, 6.07) is 4.73. The second-order valence-corrected chi connectivity index (χ2v) is 7.50. The number of likely N-dealkylation sites (N-methyl/N-ethyl adjacent to an activating group) is 2. The van der Waals surface area contributed by atoms with Crippen molar-refractivity contribution in [2.45, 2.75) is 32.9 Å². The van der Waals surface area contributed by atoms with Gasteiger partial charge in [0.1, 0.15) is 6.54 Å². The van der Waals surface area contributed by atoms with E-state index in [1.54, 1.807) is 30.3 Å². The van der Waals surface area contributed by atoms with E-state index in [-0.39, 0.29) is 36.4 Å². The zero-order valence-electron chi connectivity index (χ0n) is 16.3. The molecule has 1 aliphatic heterocycles. The third-order valence-corrected chi connectivity index (χ3v) is 5.53. The van der Waals surface area contributed by atoms with Gasteiger partial charge in [0, 0.05) is 38.1 Å². The number of amides is 1. The molecule has 0 saturated carbocycles. The van der Waals surface area contributed by atoms with Crippen LogP contribution in [0.25, 0.3) is 0 Å². The molecule has 2 heterocycles. The lowest BCUT2D eigenvalue weighted by molar-refractivity contribution is -0.127. The molecule has 1 amide bonds. The zero-order chi connectivity index (χ0) is 18.2. The minimum absolute atomic E-state index is 0. The van der Waals surface area contributed by atoms with Gasteiger partial charge in [-0.3, -0.25) is 9.69 Å². The molecule has 1 unspecified atom stereocenters. The van der Waals surface area contributed by atoms with Crippen LogP contribution in [0.15, 0.2) is 22.5 Å². The van der Waals surface area contributed by atoms with Crippen LogP contribution in [0.2, 0.25) is 0 Å². The number of thiophene rings is 1. The van der Waals surface area contributed by atoms with Crippen molar-refractivity contribution in [2.24, 2.45) is 4.99 Å². The van der Waals surface area contributed by atoms with Crippen LogP contribution in [0, 0.1) is 0 Å². The van der Waals surface area contributed by atoms with E-state index in [1.165, 1.54) is 4.88 Å². The van der Waals surface area contributed by atoms with Crippen molar-refractivity contribution in [2.75, 3.05) is 46.8 Å². The molecule has 2 rings (SSSR count). The molecule has 8 heteroatoms. The van der Waals surface area contributed by atoms with Crippen molar-refractivity contribution in [3.63, 3.8) is 0 Å². The smallest absolute Gasteiger partial charge is 0.243 e. The molecule has 26 heavy (non-hydrogen) atoms. The zero-order valence-corrected chi connectivity index (χ0v) is 19.4. The summed E-state index contributed by atoms with van der Waals surface area (Å²) in [7, 11) is 3.53. The number of hydrogen-bond acceptors (Lipinski definition) is 4. The monoisotopic (exact) mass is 493 g/mol. The van der Waals surface area contributed by atoms with E-state index in [9.17, 15) is 4.79 Å². The van der Waals surface area contributed by atoms with Crippen molar-refractivity contribution in [1.29, 1.82) is 0 Å². The summed E-state index contributed by atoms with van der Waals surface area (Å²) < 4.78 is 0. The van der Waals surface area contributed by atoms with Gasteiger partial charge in [0.15, 0.2) is 5.96 Å². The maximum Gasteiger partial charge on any atom is 0.243 e. The number of nitrogens with zero attached hydrogens (tertiary/aromatic N) is 4. The summed E-state index contributed by atoms with van der Waals surface area (Å²) in [6.45, 7) is 9.46. The molecule has 1 aromatic rings. The highest BCUT2D eigenvalue weighted by atomic mass is 127. The van der Waals surface area contributed by atoms with Crippen LogP contribution in [0.4, 0.5) is 0 Å². The summed E-state index contributed by atoms with van der Waals surface area (Å²) in [5.41, 5.74) is 0. The predicted molar refractivity (Wildman–Crippen MR) is 120 cm³/mol. The average molecular weight is 493 g/mol. The summed E-state index contributed by atoms with van der Waals surface area (Å²) in [5, 5.41) is 5.53. The topological polar surface area (TPSA) is 51.2 Å². The van der Waals surface area contributed by atoms with Gasteiger partial charge in [0.05, 0.1) is 6.54 Å². The lowest BCUT2D eigenvalue weighted by atomic mass is 10.2. The molecule has 1 aromatic heterocycles. The number of carbonyl (C=O) groups excluding carboxylic acids is 1. The number of likely N-dealkylation sites (tertiary alicyclic amines) is 1. The van der Waals surface area contributed by atoms with E-state index in [2.05, 4.69) is 51.5 Å². The molecule has 148 valence electrons. The number of hydrogen-bond donors (Lipinski definition) is 1. The second-order valence-electron chi connectivity index (χ2n) is 6.47. The molecule has 0 aromatic carbocycles. The Balaban J connectivity index is 0.00000338. The third kappa shape index (κ3) is 6.70. The van der Waals surface area contributed by atoms with E-state index in [0.29, 0.717) is 6.04 Å². The number of nitrogens with one attached hydrogen (secondary N) is 1. The molecule has 0 radical (unpaired) electrons. The quantitative estimate of drug-likeness (QED) is 0.360. The number of aliphatic imine (C=N–C) groups is 1. The lowest BCUT2D eigenvalue weighted by Crippen LogP contribution is -2.43. The van der Waals surface area contributed by atoms with Gasteiger partial charge in [-0.1, -0.05) is 19.9 Å². The first kappa shape index (κ1) is 23.2. The molecular formula is C18H32IN5OS. The Morgan fingerprint density at radius 2 is 2.12 bits per heavy atom. The van der Waals surface area contributed by atoms with E-state index >= 15 is 0 Å². The second kappa shape index (κ2) is 11.8. The van der Waals surface area contributed by atoms with Crippen LogP contribution in [0.3, 0.4) is 0 Å². The molecule has 0 aliphatic carbocycles. The Hall–Kier alpha value is -0.870. The molecule has 1 N–H and O–H groups in total. The van der Waals surface area contributed by atoms with Crippen LogP contribution in [0.5, 0.6) is 0 Å². The van der Waals surface area contributed by atoms with Crippen LogP contribution in [-0.2, 0) is 11.3 Å². The predicted octanol–water partition coefficient (Wildman–Crippen LogP) is 2.32. The molecular weight excluding hydrogens is 461 g/mol. The molecule has 1 aliphatic rings. The normalized spacial score (nSPS) is 17.3. The first-order valence-corrected chi connectivity index (χ1v) is 9.92. The minimum atomic E-state index is 0. The van der Waals surface area contributed by atoms with Crippen molar-refractivity contribution < 1.29 is 4.79 Å².